The second kappa shape index (κ2) is 5.79. The highest BCUT2D eigenvalue weighted by atomic mass is 32.2. The van der Waals surface area contributed by atoms with Crippen molar-refractivity contribution in [2.24, 2.45) is 0 Å². The molecule has 19 heavy (non-hydrogen) atoms. The van der Waals surface area contributed by atoms with Gasteiger partial charge in [0, 0.05) is 16.7 Å². The number of carbonyl (C=O) groups is 1. The van der Waals surface area contributed by atoms with Crippen molar-refractivity contribution < 1.29 is 18.7 Å². The van der Waals surface area contributed by atoms with E-state index in [1.54, 1.807) is 0 Å². The van der Waals surface area contributed by atoms with Gasteiger partial charge in [0.15, 0.2) is 5.69 Å². The molecule has 1 aromatic carbocycles. The fraction of sp³-hybridized carbons (Fsp3) is 0.182. The molecule has 8 heteroatoms. The molecule has 0 saturated heterocycles. The van der Waals surface area contributed by atoms with Gasteiger partial charge in [-0.2, -0.15) is 0 Å². The SMILES string of the molecule is O=C(O)c1cn(CCSc2ccc(F)cc2F)nn1. The number of aromatic carboxylic acids is 1. The van der Waals surface area contributed by atoms with Crippen LogP contribution in [0.5, 0.6) is 0 Å². The van der Waals surface area contributed by atoms with Gasteiger partial charge in [0.2, 0.25) is 0 Å². The molecule has 2 aromatic rings. The number of aryl methyl sites for hydroxylation is 1. The number of rotatable bonds is 5. The Bertz CT molecular complexity index is 603. The lowest BCUT2D eigenvalue weighted by Gasteiger charge is -2.03. The van der Waals surface area contributed by atoms with Gasteiger partial charge in [-0.05, 0) is 12.1 Å². The van der Waals surface area contributed by atoms with Crippen molar-refractivity contribution >= 4 is 17.7 Å². The van der Waals surface area contributed by atoms with Crippen molar-refractivity contribution in [3.05, 3.63) is 41.7 Å². The van der Waals surface area contributed by atoms with Crippen LogP contribution in [0.4, 0.5) is 8.78 Å². The quantitative estimate of drug-likeness (QED) is 0.851. The average molecular weight is 285 g/mol. The van der Waals surface area contributed by atoms with Crippen molar-refractivity contribution in [2.45, 2.75) is 11.4 Å². The number of aromatic nitrogens is 3. The Balaban J connectivity index is 1.90. The Hall–Kier alpha value is -1.96. The molecule has 0 unspecified atom stereocenters. The number of benzene rings is 1. The minimum absolute atomic E-state index is 0.141. The third-order valence-corrected chi connectivity index (χ3v) is 3.26. The van der Waals surface area contributed by atoms with Crippen LogP contribution in [0, 0.1) is 11.6 Å². The molecule has 0 bridgehead atoms. The van der Waals surface area contributed by atoms with Gasteiger partial charge in [0.05, 0.1) is 12.7 Å². The zero-order valence-electron chi connectivity index (χ0n) is 9.58. The van der Waals surface area contributed by atoms with Gasteiger partial charge in [0.1, 0.15) is 11.6 Å². The number of hydrogen-bond acceptors (Lipinski definition) is 4. The summed E-state index contributed by atoms with van der Waals surface area (Å²) in [6, 6.07) is 3.36. The fourth-order valence-corrected chi connectivity index (χ4v) is 2.21. The second-order valence-electron chi connectivity index (χ2n) is 3.60. The number of carboxylic acid groups (broad SMARTS) is 1. The van der Waals surface area contributed by atoms with E-state index in [0.29, 0.717) is 17.2 Å². The second-order valence-corrected chi connectivity index (χ2v) is 4.73. The van der Waals surface area contributed by atoms with Crippen LogP contribution in [-0.4, -0.2) is 31.8 Å². The number of carboxylic acids is 1. The third-order valence-electron chi connectivity index (χ3n) is 2.23. The van der Waals surface area contributed by atoms with E-state index in [1.807, 2.05) is 0 Å². The van der Waals surface area contributed by atoms with Gasteiger partial charge < -0.3 is 5.11 Å². The summed E-state index contributed by atoms with van der Waals surface area (Å²) in [7, 11) is 0. The van der Waals surface area contributed by atoms with Crippen molar-refractivity contribution in [2.75, 3.05) is 5.75 Å². The summed E-state index contributed by atoms with van der Waals surface area (Å²) in [4.78, 5) is 10.9. The molecule has 2 rings (SSSR count). The molecular weight excluding hydrogens is 276 g/mol. The Morgan fingerprint density at radius 2 is 2.21 bits per heavy atom. The molecule has 0 fully saturated rings. The van der Waals surface area contributed by atoms with Gasteiger partial charge in [-0.15, -0.1) is 16.9 Å². The van der Waals surface area contributed by atoms with Crippen LogP contribution in [-0.2, 0) is 6.54 Å². The maximum Gasteiger partial charge on any atom is 0.358 e. The van der Waals surface area contributed by atoms with E-state index in [0.717, 1.165) is 6.07 Å². The van der Waals surface area contributed by atoms with Crippen LogP contribution in [0.1, 0.15) is 10.5 Å². The summed E-state index contributed by atoms with van der Waals surface area (Å²) in [6.07, 6.45) is 1.30. The zero-order valence-corrected chi connectivity index (χ0v) is 10.4. The van der Waals surface area contributed by atoms with Crippen molar-refractivity contribution in [3.8, 4) is 0 Å². The summed E-state index contributed by atoms with van der Waals surface area (Å²) in [6.45, 7) is 0.377. The maximum atomic E-state index is 13.3. The lowest BCUT2D eigenvalue weighted by atomic mass is 10.3. The first-order valence-corrected chi connectivity index (χ1v) is 6.26. The summed E-state index contributed by atoms with van der Waals surface area (Å²) >= 11 is 1.19. The zero-order chi connectivity index (χ0) is 13.8. The first-order chi connectivity index (χ1) is 9.06. The summed E-state index contributed by atoms with van der Waals surface area (Å²) in [5, 5.41) is 15.7. The minimum Gasteiger partial charge on any atom is -0.476 e. The number of thioether (sulfide) groups is 1. The predicted octanol–water partition coefficient (Wildman–Crippen LogP) is 2.05. The number of hydrogen-bond donors (Lipinski definition) is 1. The van der Waals surface area contributed by atoms with Crippen molar-refractivity contribution in [3.63, 3.8) is 0 Å². The highest BCUT2D eigenvalue weighted by molar-refractivity contribution is 7.99. The molecular formula is C11H9F2N3O2S. The molecule has 0 atom stereocenters. The molecule has 0 amide bonds. The largest absolute Gasteiger partial charge is 0.476 e. The number of nitrogens with zero attached hydrogens (tertiary/aromatic N) is 3. The smallest absolute Gasteiger partial charge is 0.358 e. The van der Waals surface area contributed by atoms with Gasteiger partial charge in [0.25, 0.3) is 0 Å². The van der Waals surface area contributed by atoms with E-state index in [1.165, 1.54) is 34.8 Å². The molecule has 0 aliphatic rings. The molecule has 1 N–H and O–H groups in total. The summed E-state index contributed by atoms with van der Waals surface area (Å²) < 4.78 is 27.4. The first kappa shape index (κ1) is 13.5. The van der Waals surface area contributed by atoms with Crippen LogP contribution in [0.25, 0.3) is 0 Å². The van der Waals surface area contributed by atoms with Crippen LogP contribution < -0.4 is 0 Å². The average Bonchev–Trinajstić information content (AvgIpc) is 2.81. The summed E-state index contributed by atoms with van der Waals surface area (Å²) in [5.41, 5.74) is -0.141. The van der Waals surface area contributed by atoms with E-state index in [2.05, 4.69) is 10.3 Å². The molecule has 0 radical (unpaired) electrons. The molecule has 100 valence electrons. The maximum absolute atomic E-state index is 13.3. The van der Waals surface area contributed by atoms with E-state index in [9.17, 15) is 13.6 Å². The van der Waals surface area contributed by atoms with E-state index in [4.69, 9.17) is 5.11 Å². The lowest BCUT2D eigenvalue weighted by Crippen LogP contribution is -2.01. The monoisotopic (exact) mass is 285 g/mol. The molecule has 1 aromatic heterocycles. The standard InChI is InChI=1S/C11H9F2N3O2S/c12-7-1-2-10(8(13)5-7)19-4-3-16-6-9(11(17)18)14-15-16/h1-2,5-6H,3-4H2,(H,17,18). The Kier molecular flexibility index (Phi) is 4.10. The molecule has 0 aliphatic heterocycles. The molecule has 5 nitrogen and oxygen atoms in total. The van der Waals surface area contributed by atoms with Crippen molar-refractivity contribution in [1.82, 2.24) is 15.0 Å². The first-order valence-electron chi connectivity index (χ1n) is 5.27. The van der Waals surface area contributed by atoms with Crippen LogP contribution >= 0.6 is 11.8 Å². The predicted molar refractivity (Wildman–Crippen MR) is 64.1 cm³/mol. The summed E-state index contributed by atoms with van der Waals surface area (Å²) in [5.74, 6) is -1.92. The normalized spacial score (nSPS) is 10.6. The van der Waals surface area contributed by atoms with Gasteiger partial charge >= 0.3 is 5.97 Å². The highest BCUT2D eigenvalue weighted by Crippen LogP contribution is 2.22. The van der Waals surface area contributed by atoms with Crippen LogP contribution in [0.2, 0.25) is 0 Å². The van der Waals surface area contributed by atoms with E-state index in [-0.39, 0.29) is 5.69 Å². The van der Waals surface area contributed by atoms with E-state index < -0.39 is 17.6 Å². The molecule has 1 heterocycles. The van der Waals surface area contributed by atoms with Gasteiger partial charge in [-0.3, -0.25) is 4.68 Å². The molecule has 0 aliphatic carbocycles. The molecule has 0 saturated carbocycles. The Morgan fingerprint density at radius 1 is 1.42 bits per heavy atom. The van der Waals surface area contributed by atoms with Crippen LogP contribution in [0.3, 0.4) is 0 Å². The topological polar surface area (TPSA) is 68.0 Å². The Morgan fingerprint density at radius 3 is 2.84 bits per heavy atom. The fourth-order valence-electron chi connectivity index (χ4n) is 1.35. The van der Waals surface area contributed by atoms with E-state index >= 15 is 0 Å². The van der Waals surface area contributed by atoms with Gasteiger partial charge in [-0.1, -0.05) is 5.21 Å². The Labute approximate surface area is 111 Å². The highest BCUT2D eigenvalue weighted by Gasteiger charge is 2.08. The minimum atomic E-state index is -1.15. The molecule has 0 spiro atoms. The van der Waals surface area contributed by atoms with Crippen LogP contribution in [0.15, 0.2) is 29.3 Å². The van der Waals surface area contributed by atoms with Crippen molar-refractivity contribution in [1.29, 1.82) is 0 Å². The third kappa shape index (κ3) is 3.50. The number of halogens is 2. The lowest BCUT2D eigenvalue weighted by molar-refractivity contribution is 0.0690. The van der Waals surface area contributed by atoms with Gasteiger partial charge in [-0.25, -0.2) is 13.6 Å².